The predicted octanol–water partition coefficient (Wildman–Crippen LogP) is 5.10. The van der Waals surface area contributed by atoms with E-state index in [0.717, 1.165) is 15.9 Å². The van der Waals surface area contributed by atoms with Crippen molar-refractivity contribution in [3.8, 4) is 0 Å². The van der Waals surface area contributed by atoms with Gasteiger partial charge < -0.3 is 33.3 Å². The van der Waals surface area contributed by atoms with E-state index >= 15 is 0 Å². The monoisotopic (exact) mass is 690 g/mol. The van der Waals surface area contributed by atoms with Crippen LogP contribution in [0.2, 0.25) is 5.04 Å². The highest BCUT2D eigenvalue weighted by molar-refractivity contribution is 6.99. The smallest absolute Gasteiger partial charge is 0.311 e. The second-order valence-corrected chi connectivity index (χ2v) is 18.9. The molecule has 5 atom stereocenters. The van der Waals surface area contributed by atoms with Gasteiger partial charge in [-0.15, -0.1) is 0 Å². The molecule has 1 aliphatic rings. The summed E-state index contributed by atoms with van der Waals surface area (Å²) in [6.07, 6.45) is -6.52. The molecule has 49 heavy (non-hydrogen) atoms. The maximum atomic E-state index is 13.2. The average molecular weight is 691 g/mol. The van der Waals surface area contributed by atoms with Crippen LogP contribution < -0.4 is 10.4 Å². The van der Waals surface area contributed by atoms with E-state index in [0.29, 0.717) is 0 Å². The number of aliphatic hydroxyl groups excluding tert-OH is 1. The van der Waals surface area contributed by atoms with E-state index in [4.69, 9.17) is 23.4 Å². The molecule has 0 aliphatic carbocycles. The maximum absolute atomic E-state index is 13.2. The predicted molar refractivity (Wildman–Crippen MR) is 189 cm³/mol. The van der Waals surface area contributed by atoms with Crippen molar-refractivity contribution in [1.29, 1.82) is 0 Å². The SMILES string of the molecule is CC(=O)CCC(=O)OC1C(OC(=O)C(C)(C)C)C(O)OC(CO[Si](c2ccccc2)(c2ccccc2)C(C)(C)C)C1OCc1ccccc1. The largest absolute Gasteiger partial charge is 0.455 e. The quantitative estimate of drug-likeness (QED) is 0.193. The van der Waals surface area contributed by atoms with Crippen LogP contribution in [0.3, 0.4) is 0 Å². The molecule has 0 bridgehead atoms. The van der Waals surface area contributed by atoms with Crippen molar-refractivity contribution in [2.45, 2.75) is 104 Å². The second kappa shape index (κ2) is 16.4. The number of Topliss-reactive ketones (excluding diaryl/α,β-unsaturated/α-hetero) is 1. The third-order valence-electron chi connectivity index (χ3n) is 8.58. The fourth-order valence-corrected chi connectivity index (χ4v) is 10.6. The molecular weight excluding hydrogens is 641 g/mol. The van der Waals surface area contributed by atoms with Crippen LogP contribution in [0.1, 0.15) is 66.9 Å². The summed E-state index contributed by atoms with van der Waals surface area (Å²) in [5, 5.41) is 13.2. The lowest BCUT2D eigenvalue weighted by atomic mass is 9.95. The lowest BCUT2D eigenvalue weighted by molar-refractivity contribution is -0.302. The van der Waals surface area contributed by atoms with Gasteiger partial charge in [0.15, 0.2) is 18.5 Å². The van der Waals surface area contributed by atoms with Gasteiger partial charge in [-0.1, -0.05) is 112 Å². The summed E-state index contributed by atoms with van der Waals surface area (Å²) in [4.78, 5) is 38.0. The van der Waals surface area contributed by atoms with E-state index in [1.54, 1.807) is 20.8 Å². The molecule has 0 radical (unpaired) electrons. The Hall–Kier alpha value is -3.67. The summed E-state index contributed by atoms with van der Waals surface area (Å²) in [7, 11) is -3.07. The maximum Gasteiger partial charge on any atom is 0.311 e. The standard InChI is InChI=1S/C39H50O9Si/c1-27(40)23-24-32(41)47-34-33(44-25-28-17-11-8-12-18-28)31(46-36(42)35(34)48-37(43)38(2,3)4)26-45-49(39(5,6)7,29-19-13-9-14-20-29)30-21-15-10-16-22-30/h8-22,31,33-36,42H,23-26H2,1-7H3. The van der Waals surface area contributed by atoms with Gasteiger partial charge in [0.25, 0.3) is 8.32 Å². The highest BCUT2D eigenvalue weighted by atomic mass is 28.4. The van der Waals surface area contributed by atoms with Gasteiger partial charge in [-0.25, -0.2) is 0 Å². The third kappa shape index (κ3) is 9.52. The molecule has 0 amide bonds. The lowest BCUT2D eigenvalue weighted by Crippen LogP contribution is -2.68. The summed E-state index contributed by atoms with van der Waals surface area (Å²) in [5.74, 6) is -1.48. The summed E-state index contributed by atoms with van der Waals surface area (Å²) in [6.45, 7) is 13.0. The lowest BCUT2D eigenvalue weighted by Gasteiger charge is -2.47. The number of hydrogen-bond donors (Lipinski definition) is 1. The van der Waals surface area contributed by atoms with Crippen molar-refractivity contribution in [2.75, 3.05) is 6.61 Å². The summed E-state index contributed by atoms with van der Waals surface area (Å²) in [5.41, 5.74) is -0.0721. The zero-order valence-corrected chi connectivity index (χ0v) is 30.6. The Bertz CT molecular complexity index is 1480. The zero-order valence-electron chi connectivity index (χ0n) is 29.6. The molecule has 0 saturated carbocycles. The first-order chi connectivity index (χ1) is 23.1. The van der Waals surface area contributed by atoms with Gasteiger partial charge in [-0.3, -0.25) is 9.59 Å². The van der Waals surface area contributed by atoms with Crippen LogP contribution in [0.15, 0.2) is 91.0 Å². The Morgan fingerprint density at radius 2 is 1.27 bits per heavy atom. The summed E-state index contributed by atoms with van der Waals surface area (Å²) >= 11 is 0. The number of rotatable bonds is 13. The van der Waals surface area contributed by atoms with Gasteiger partial charge >= 0.3 is 11.9 Å². The van der Waals surface area contributed by atoms with Gasteiger partial charge in [-0.2, -0.15) is 0 Å². The number of esters is 2. The number of benzene rings is 3. The van der Waals surface area contributed by atoms with Crippen LogP contribution in [0.4, 0.5) is 0 Å². The van der Waals surface area contributed by atoms with E-state index in [1.807, 2.05) is 66.7 Å². The molecule has 4 rings (SSSR count). The molecule has 1 fully saturated rings. The number of carbonyl (C=O) groups is 3. The third-order valence-corrected chi connectivity index (χ3v) is 13.6. The van der Waals surface area contributed by atoms with Gasteiger partial charge in [-0.05, 0) is 48.7 Å². The average Bonchev–Trinajstić information content (AvgIpc) is 3.05. The van der Waals surface area contributed by atoms with E-state index in [2.05, 4.69) is 45.0 Å². The Labute approximate surface area is 291 Å². The molecule has 264 valence electrons. The zero-order chi connectivity index (χ0) is 35.8. The number of ether oxygens (including phenoxy) is 4. The molecule has 1 N–H and O–H groups in total. The highest BCUT2D eigenvalue weighted by Gasteiger charge is 2.54. The van der Waals surface area contributed by atoms with Gasteiger partial charge in [0.05, 0.1) is 25.0 Å². The van der Waals surface area contributed by atoms with E-state index in [1.165, 1.54) is 6.92 Å². The molecular formula is C39H50O9Si. The van der Waals surface area contributed by atoms with Crippen molar-refractivity contribution in [3.05, 3.63) is 96.6 Å². The van der Waals surface area contributed by atoms with E-state index in [9.17, 15) is 19.5 Å². The minimum atomic E-state index is -3.07. The second-order valence-electron chi connectivity index (χ2n) is 14.6. The topological polar surface area (TPSA) is 118 Å². The van der Waals surface area contributed by atoms with Crippen molar-refractivity contribution < 1.29 is 42.9 Å². The molecule has 3 aromatic rings. The first-order valence-electron chi connectivity index (χ1n) is 16.8. The first kappa shape index (κ1) is 38.1. The van der Waals surface area contributed by atoms with E-state index < -0.39 is 56.4 Å². The Morgan fingerprint density at radius 1 is 0.735 bits per heavy atom. The highest BCUT2D eigenvalue weighted by Crippen LogP contribution is 2.38. The van der Waals surface area contributed by atoms with Crippen LogP contribution in [0.25, 0.3) is 0 Å². The Balaban J connectivity index is 1.77. The van der Waals surface area contributed by atoms with Crippen LogP contribution in [-0.2, 0) is 44.4 Å². The van der Waals surface area contributed by atoms with Crippen molar-refractivity contribution in [2.24, 2.45) is 5.41 Å². The first-order valence-corrected chi connectivity index (χ1v) is 18.7. The molecule has 1 heterocycles. The molecule has 5 unspecified atom stereocenters. The molecule has 1 aliphatic heterocycles. The van der Waals surface area contributed by atoms with Gasteiger partial charge in [0.2, 0.25) is 0 Å². The Kier molecular flexibility index (Phi) is 12.7. The van der Waals surface area contributed by atoms with Crippen molar-refractivity contribution >= 4 is 36.4 Å². The number of ketones is 1. The minimum absolute atomic E-state index is 0.0208. The molecule has 0 spiro atoms. The molecule has 3 aromatic carbocycles. The molecule has 10 heteroatoms. The summed E-state index contributed by atoms with van der Waals surface area (Å²) < 4.78 is 31.6. The molecule has 1 saturated heterocycles. The fourth-order valence-electron chi connectivity index (χ4n) is 6.01. The summed E-state index contributed by atoms with van der Waals surface area (Å²) in [6, 6.07) is 29.7. The van der Waals surface area contributed by atoms with Crippen LogP contribution in [0, 0.1) is 5.41 Å². The fraction of sp³-hybridized carbons (Fsp3) is 0.462. The van der Waals surface area contributed by atoms with Crippen LogP contribution in [-0.4, -0.2) is 68.5 Å². The molecule has 0 aromatic heterocycles. The van der Waals surface area contributed by atoms with Gasteiger partial charge in [0.1, 0.15) is 18.0 Å². The van der Waals surface area contributed by atoms with Crippen molar-refractivity contribution in [3.63, 3.8) is 0 Å². The van der Waals surface area contributed by atoms with Gasteiger partial charge in [0, 0.05) is 6.42 Å². The molecule has 9 nitrogen and oxygen atoms in total. The Morgan fingerprint density at radius 3 is 1.76 bits per heavy atom. The number of aliphatic hydroxyl groups is 1. The minimum Gasteiger partial charge on any atom is -0.455 e. The number of carbonyl (C=O) groups excluding carboxylic acids is 3. The normalized spacial score (nSPS) is 21.5. The van der Waals surface area contributed by atoms with Crippen molar-refractivity contribution in [1.82, 2.24) is 0 Å². The number of hydrogen-bond acceptors (Lipinski definition) is 9. The van der Waals surface area contributed by atoms with E-state index in [-0.39, 0.29) is 36.9 Å². The van der Waals surface area contributed by atoms with Crippen LogP contribution >= 0.6 is 0 Å². The van der Waals surface area contributed by atoms with Crippen LogP contribution in [0.5, 0.6) is 0 Å².